The number of nitrogens with one attached hydrogen (secondary N) is 1. The van der Waals surface area contributed by atoms with E-state index in [0.717, 1.165) is 37.8 Å². The highest BCUT2D eigenvalue weighted by Crippen LogP contribution is 2.21. The van der Waals surface area contributed by atoms with Gasteiger partial charge in [-0.25, -0.2) is 22.0 Å². The minimum absolute atomic E-state index is 0.124. The molecule has 6 nitrogen and oxygen atoms in total. The predicted octanol–water partition coefficient (Wildman–Crippen LogP) is 1.92. The number of rotatable bonds is 3. The van der Waals surface area contributed by atoms with Crippen LogP contribution in [-0.4, -0.2) is 55.9 Å². The molecule has 1 aliphatic carbocycles. The first-order chi connectivity index (χ1) is 11.9. The van der Waals surface area contributed by atoms with E-state index in [1.807, 2.05) is 0 Å². The molecule has 3 rings (SSSR count). The molecule has 1 N–H and O–H groups in total. The van der Waals surface area contributed by atoms with Gasteiger partial charge in [0.15, 0.2) is 11.6 Å². The van der Waals surface area contributed by atoms with Gasteiger partial charge >= 0.3 is 6.03 Å². The van der Waals surface area contributed by atoms with E-state index in [0.29, 0.717) is 6.07 Å². The lowest BCUT2D eigenvalue weighted by Gasteiger charge is -2.34. The Balaban J connectivity index is 1.60. The molecule has 0 atom stereocenters. The number of nitrogens with zero attached hydrogens (tertiary/aromatic N) is 2. The van der Waals surface area contributed by atoms with E-state index < -0.39 is 21.7 Å². The van der Waals surface area contributed by atoms with Crippen LogP contribution in [0.1, 0.15) is 25.7 Å². The minimum Gasteiger partial charge on any atom is -0.335 e. The molecule has 1 aliphatic heterocycles. The van der Waals surface area contributed by atoms with Crippen molar-refractivity contribution < 1.29 is 22.0 Å². The molecule has 2 fully saturated rings. The molecule has 138 valence electrons. The monoisotopic (exact) mass is 373 g/mol. The number of urea groups is 1. The van der Waals surface area contributed by atoms with E-state index in [4.69, 9.17) is 0 Å². The fourth-order valence-corrected chi connectivity index (χ4v) is 4.69. The maximum atomic E-state index is 13.3. The lowest BCUT2D eigenvalue weighted by Crippen LogP contribution is -2.54. The van der Waals surface area contributed by atoms with Crippen molar-refractivity contribution in [2.45, 2.75) is 36.6 Å². The van der Waals surface area contributed by atoms with E-state index in [9.17, 15) is 22.0 Å². The van der Waals surface area contributed by atoms with Gasteiger partial charge in [-0.1, -0.05) is 12.8 Å². The van der Waals surface area contributed by atoms with Crippen LogP contribution in [0, 0.1) is 11.6 Å². The molecule has 0 bridgehead atoms. The smallest absolute Gasteiger partial charge is 0.317 e. The van der Waals surface area contributed by atoms with Crippen LogP contribution in [0.25, 0.3) is 0 Å². The predicted molar refractivity (Wildman–Crippen MR) is 87.5 cm³/mol. The minimum atomic E-state index is -3.90. The molecular weight excluding hydrogens is 352 g/mol. The van der Waals surface area contributed by atoms with Crippen molar-refractivity contribution in [1.82, 2.24) is 14.5 Å². The summed E-state index contributed by atoms with van der Waals surface area (Å²) >= 11 is 0. The van der Waals surface area contributed by atoms with Gasteiger partial charge in [-0.15, -0.1) is 0 Å². The Morgan fingerprint density at radius 3 is 2.28 bits per heavy atom. The Morgan fingerprint density at radius 1 is 1.04 bits per heavy atom. The van der Waals surface area contributed by atoms with Crippen LogP contribution in [0.2, 0.25) is 0 Å². The first kappa shape index (κ1) is 18.1. The molecule has 25 heavy (non-hydrogen) atoms. The molecule has 2 amide bonds. The fourth-order valence-electron chi connectivity index (χ4n) is 3.25. The van der Waals surface area contributed by atoms with E-state index in [2.05, 4.69) is 5.32 Å². The first-order valence-electron chi connectivity index (χ1n) is 8.38. The second-order valence-corrected chi connectivity index (χ2v) is 8.34. The molecule has 1 saturated carbocycles. The normalized spacial score (nSPS) is 20.0. The number of carbonyl (C=O) groups excluding carboxylic acids is 1. The summed E-state index contributed by atoms with van der Waals surface area (Å²) in [7, 11) is -3.90. The highest BCUT2D eigenvalue weighted by molar-refractivity contribution is 7.89. The number of benzene rings is 1. The number of carbonyl (C=O) groups is 1. The van der Waals surface area contributed by atoms with Gasteiger partial charge < -0.3 is 10.2 Å². The summed E-state index contributed by atoms with van der Waals surface area (Å²) in [4.78, 5) is 13.5. The zero-order valence-corrected chi connectivity index (χ0v) is 14.6. The topological polar surface area (TPSA) is 69.7 Å². The van der Waals surface area contributed by atoms with Crippen molar-refractivity contribution >= 4 is 16.1 Å². The standard InChI is InChI=1S/C16H21F2N3O3S/c17-14-6-5-13(11-15(14)18)25(23,24)21-9-7-20(8-10-21)16(22)19-12-3-1-2-4-12/h5-6,11-12H,1-4,7-10H2,(H,19,22). The first-order valence-corrected chi connectivity index (χ1v) is 9.82. The average Bonchev–Trinajstić information content (AvgIpc) is 3.10. The quantitative estimate of drug-likeness (QED) is 0.880. The van der Waals surface area contributed by atoms with E-state index in [1.54, 1.807) is 4.90 Å². The molecule has 0 aromatic heterocycles. The van der Waals surface area contributed by atoms with Crippen LogP contribution in [0.15, 0.2) is 23.1 Å². The Morgan fingerprint density at radius 2 is 1.68 bits per heavy atom. The van der Waals surface area contributed by atoms with E-state index >= 15 is 0 Å². The van der Waals surface area contributed by atoms with Crippen molar-refractivity contribution in [3.63, 3.8) is 0 Å². The van der Waals surface area contributed by atoms with Gasteiger partial charge in [-0.3, -0.25) is 0 Å². The summed E-state index contributed by atoms with van der Waals surface area (Å²) < 4.78 is 52.6. The van der Waals surface area contributed by atoms with Gasteiger partial charge in [-0.05, 0) is 31.0 Å². The number of hydrogen-bond acceptors (Lipinski definition) is 3. The lowest BCUT2D eigenvalue weighted by molar-refractivity contribution is 0.169. The summed E-state index contributed by atoms with van der Waals surface area (Å²) in [6.07, 6.45) is 4.20. The molecule has 0 unspecified atom stereocenters. The van der Waals surface area contributed by atoms with Crippen molar-refractivity contribution in [2.24, 2.45) is 0 Å². The molecule has 2 aliphatic rings. The molecule has 1 aromatic rings. The van der Waals surface area contributed by atoms with Gasteiger partial charge in [0, 0.05) is 32.2 Å². The number of sulfonamides is 1. The van der Waals surface area contributed by atoms with Crippen LogP contribution >= 0.6 is 0 Å². The molecule has 0 radical (unpaired) electrons. The van der Waals surface area contributed by atoms with E-state index in [1.165, 1.54) is 4.31 Å². The summed E-state index contributed by atoms with van der Waals surface area (Å²) in [6.45, 7) is 0.780. The summed E-state index contributed by atoms with van der Waals surface area (Å²) in [5.41, 5.74) is 0. The molecule has 9 heteroatoms. The molecule has 1 aromatic carbocycles. The second-order valence-electron chi connectivity index (χ2n) is 6.40. The average molecular weight is 373 g/mol. The highest BCUT2D eigenvalue weighted by Gasteiger charge is 2.31. The maximum Gasteiger partial charge on any atom is 0.317 e. The lowest BCUT2D eigenvalue weighted by atomic mass is 10.2. The van der Waals surface area contributed by atoms with Gasteiger partial charge in [-0.2, -0.15) is 4.31 Å². The van der Waals surface area contributed by atoms with Gasteiger partial charge in [0.05, 0.1) is 4.90 Å². The summed E-state index contributed by atoms with van der Waals surface area (Å²) in [5, 5.41) is 2.98. The Labute approximate surface area is 145 Å². The zero-order chi connectivity index (χ0) is 18.0. The third-order valence-corrected chi connectivity index (χ3v) is 6.63. The van der Waals surface area contributed by atoms with Crippen molar-refractivity contribution in [3.05, 3.63) is 29.8 Å². The Bertz CT molecular complexity index is 743. The third-order valence-electron chi connectivity index (χ3n) is 4.74. The zero-order valence-electron chi connectivity index (χ0n) is 13.7. The number of hydrogen-bond donors (Lipinski definition) is 1. The number of halogens is 2. The van der Waals surface area contributed by atoms with Crippen molar-refractivity contribution in [2.75, 3.05) is 26.2 Å². The Kier molecular flexibility index (Phi) is 5.24. The van der Waals surface area contributed by atoms with Gasteiger partial charge in [0.25, 0.3) is 0 Å². The van der Waals surface area contributed by atoms with Gasteiger partial charge in [0.1, 0.15) is 0 Å². The summed E-state index contributed by atoms with van der Waals surface area (Å²) in [5.74, 6) is -2.29. The van der Waals surface area contributed by atoms with E-state index in [-0.39, 0.29) is 43.1 Å². The van der Waals surface area contributed by atoms with Crippen LogP contribution in [0.4, 0.5) is 13.6 Å². The molecular formula is C16H21F2N3O3S. The van der Waals surface area contributed by atoms with Gasteiger partial charge in [0.2, 0.25) is 10.0 Å². The van der Waals surface area contributed by atoms with Crippen molar-refractivity contribution in [1.29, 1.82) is 0 Å². The third kappa shape index (κ3) is 3.92. The van der Waals surface area contributed by atoms with Crippen LogP contribution in [0.5, 0.6) is 0 Å². The van der Waals surface area contributed by atoms with Crippen LogP contribution in [0.3, 0.4) is 0 Å². The second kappa shape index (κ2) is 7.25. The number of piperazine rings is 1. The van der Waals surface area contributed by atoms with Crippen LogP contribution in [-0.2, 0) is 10.0 Å². The molecule has 1 heterocycles. The van der Waals surface area contributed by atoms with Crippen LogP contribution < -0.4 is 5.32 Å². The SMILES string of the molecule is O=C(NC1CCCC1)N1CCN(S(=O)(=O)c2ccc(F)c(F)c2)CC1. The Hall–Kier alpha value is -1.74. The molecule has 0 spiro atoms. The highest BCUT2D eigenvalue weighted by atomic mass is 32.2. The maximum absolute atomic E-state index is 13.3. The molecule has 1 saturated heterocycles. The number of amides is 2. The summed E-state index contributed by atoms with van der Waals surface area (Å²) in [6, 6.07) is 2.57. The van der Waals surface area contributed by atoms with Crippen molar-refractivity contribution in [3.8, 4) is 0 Å². The largest absolute Gasteiger partial charge is 0.335 e. The fraction of sp³-hybridized carbons (Fsp3) is 0.562.